The maximum Gasteiger partial charge on any atom is 0.211 e. The second-order valence-electron chi connectivity index (χ2n) is 3.28. The molecule has 0 saturated heterocycles. The van der Waals surface area contributed by atoms with Gasteiger partial charge in [-0.3, -0.25) is 4.79 Å². The first-order valence-electron chi connectivity index (χ1n) is 4.32. The van der Waals surface area contributed by atoms with Gasteiger partial charge in [-0.25, -0.2) is 4.68 Å². The van der Waals surface area contributed by atoms with E-state index < -0.39 is 0 Å². The van der Waals surface area contributed by atoms with E-state index in [0.717, 1.165) is 5.57 Å². The molecule has 0 aromatic carbocycles. The molecule has 1 aromatic rings. The van der Waals surface area contributed by atoms with Crippen molar-refractivity contribution in [1.82, 2.24) is 9.78 Å². The Morgan fingerprint density at radius 2 is 2.21 bits per heavy atom. The molecule has 0 amide bonds. The monoisotopic (exact) mass is 194 g/mol. The lowest BCUT2D eigenvalue weighted by Gasteiger charge is -1.95. The van der Waals surface area contributed by atoms with Crippen LogP contribution >= 0.6 is 0 Å². The highest BCUT2D eigenvalue weighted by Gasteiger charge is 2.10. The zero-order valence-electron chi connectivity index (χ0n) is 8.87. The lowest BCUT2D eigenvalue weighted by molar-refractivity contribution is 0.104. The molecule has 0 aliphatic carbocycles. The summed E-state index contributed by atoms with van der Waals surface area (Å²) < 4.78 is 6.54. The van der Waals surface area contributed by atoms with Crippen LogP contribution in [-0.2, 0) is 7.05 Å². The molecule has 0 unspecified atom stereocenters. The van der Waals surface area contributed by atoms with Crippen LogP contribution < -0.4 is 4.74 Å². The van der Waals surface area contributed by atoms with Crippen molar-refractivity contribution >= 4 is 5.78 Å². The number of allylic oxidation sites excluding steroid dienone is 2. The fourth-order valence-corrected chi connectivity index (χ4v) is 1.10. The molecule has 0 spiro atoms. The first-order chi connectivity index (χ1) is 6.54. The van der Waals surface area contributed by atoms with Gasteiger partial charge >= 0.3 is 0 Å². The topological polar surface area (TPSA) is 44.1 Å². The Hall–Kier alpha value is -1.58. The molecule has 1 rings (SSSR count). The van der Waals surface area contributed by atoms with E-state index in [9.17, 15) is 4.79 Å². The molecule has 0 atom stereocenters. The van der Waals surface area contributed by atoms with Gasteiger partial charge in [0.05, 0.1) is 7.11 Å². The molecule has 0 N–H and O–H groups in total. The van der Waals surface area contributed by atoms with Crippen molar-refractivity contribution in [1.29, 1.82) is 0 Å². The highest BCUT2D eigenvalue weighted by molar-refractivity contribution is 6.03. The molecule has 1 heterocycles. The molecule has 0 aliphatic heterocycles. The minimum Gasteiger partial charge on any atom is -0.481 e. The highest BCUT2D eigenvalue weighted by atomic mass is 16.5. The number of aromatic nitrogens is 2. The second-order valence-corrected chi connectivity index (χ2v) is 3.28. The van der Waals surface area contributed by atoms with Gasteiger partial charge in [0.2, 0.25) is 11.7 Å². The van der Waals surface area contributed by atoms with Gasteiger partial charge in [0.25, 0.3) is 0 Å². The third kappa shape index (κ3) is 2.22. The normalized spacial score (nSPS) is 9.71. The molecular weight excluding hydrogens is 180 g/mol. The number of hydrogen-bond donors (Lipinski definition) is 0. The Balaban J connectivity index is 2.97. The zero-order chi connectivity index (χ0) is 10.7. The average molecular weight is 194 g/mol. The van der Waals surface area contributed by atoms with Crippen LogP contribution in [0.1, 0.15) is 24.3 Å². The van der Waals surface area contributed by atoms with Crippen molar-refractivity contribution in [2.75, 3.05) is 7.11 Å². The van der Waals surface area contributed by atoms with E-state index in [1.165, 1.54) is 4.68 Å². The molecule has 1 aromatic heterocycles. The summed E-state index contributed by atoms with van der Waals surface area (Å²) in [6.07, 6.45) is 1.56. The van der Waals surface area contributed by atoms with Crippen LogP contribution in [0.2, 0.25) is 0 Å². The predicted molar refractivity (Wildman–Crippen MR) is 53.5 cm³/mol. The summed E-state index contributed by atoms with van der Waals surface area (Å²) in [6.45, 7) is 3.75. The summed E-state index contributed by atoms with van der Waals surface area (Å²) in [5.41, 5.74) is 1.37. The van der Waals surface area contributed by atoms with Crippen molar-refractivity contribution in [3.63, 3.8) is 0 Å². The minimum atomic E-state index is -0.0936. The second kappa shape index (κ2) is 4.09. The SMILES string of the molecule is COc1cc(C(=O)C=C(C)C)nn1C. The summed E-state index contributed by atoms with van der Waals surface area (Å²) in [5.74, 6) is 0.486. The lowest BCUT2D eigenvalue weighted by atomic mass is 10.2. The van der Waals surface area contributed by atoms with Gasteiger partial charge in [-0.1, -0.05) is 5.57 Å². The van der Waals surface area contributed by atoms with Crippen molar-refractivity contribution in [2.45, 2.75) is 13.8 Å². The van der Waals surface area contributed by atoms with Crippen LogP contribution in [-0.4, -0.2) is 22.7 Å². The molecule has 76 valence electrons. The third-order valence-corrected chi connectivity index (χ3v) is 1.72. The highest BCUT2D eigenvalue weighted by Crippen LogP contribution is 2.12. The number of ether oxygens (including phenoxy) is 1. The van der Waals surface area contributed by atoms with Crippen molar-refractivity contribution < 1.29 is 9.53 Å². The number of carbonyl (C=O) groups is 1. The molecule has 4 nitrogen and oxygen atoms in total. The van der Waals surface area contributed by atoms with E-state index in [4.69, 9.17) is 4.74 Å². The quantitative estimate of drug-likeness (QED) is 0.542. The van der Waals surface area contributed by atoms with Crippen molar-refractivity contribution in [3.05, 3.63) is 23.4 Å². The molecular formula is C10H14N2O2. The Kier molecular flexibility index (Phi) is 3.06. The number of hydrogen-bond acceptors (Lipinski definition) is 3. The van der Waals surface area contributed by atoms with Gasteiger partial charge in [-0.2, -0.15) is 5.10 Å². The van der Waals surface area contributed by atoms with Crippen LogP contribution in [0, 0.1) is 0 Å². The number of methoxy groups -OCH3 is 1. The zero-order valence-corrected chi connectivity index (χ0v) is 8.87. The first kappa shape index (κ1) is 10.5. The van der Waals surface area contributed by atoms with Crippen LogP contribution in [0.3, 0.4) is 0 Å². The maximum absolute atomic E-state index is 11.5. The predicted octanol–water partition coefficient (Wildman–Crippen LogP) is 1.58. The van der Waals surface area contributed by atoms with Gasteiger partial charge in [0.1, 0.15) is 5.69 Å². The van der Waals surface area contributed by atoms with Crippen molar-refractivity contribution in [2.24, 2.45) is 7.05 Å². The molecule has 4 heteroatoms. The molecule has 0 saturated carbocycles. The summed E-state index contributed by atoms with van der Waals surface area (Å²) in [4.78, 5) is 11.5. The lowest BCUT2D eigenvalue weighted by Crippen LogP contribution is -1.99. The largest absolute Gasteiger partial charge is 0.481 e. The third-order valence-electron chi connectivity index (χ3n) is 1.72. The van der Waals surface area contributed by atoms with Gasteiger partial charge in [0, 0.05) is 13.1 Å². The maximum atomic E-state index is 11.5. The Labute approximate surface area is 83.2 Å². The number of aryl methyl sites for hydroxylation is 1. The number of nitrogens with zero attached hydrogens (tertiary/aromatic N) is 2. The summed E-state index contributed by atoms with van der Waals surface area (Å²) in [5, 5.41) is 4.03. The average Bonchev–Trinajstić information content (AvgIpc) is 2.45. The Morgan fingerprint density at radius 3 is 2.64 bits per heavy atom. The smallest absolute Gasteiger partial charge is 0.211 e. The molecule has 0 bridgehead atoms. The van der Waals surface area contributed by atoms with Crippen LogP contribution in [0.15, 0.2) is 17.7 Å². The van der Waals surface area contributed by atoms with Crippen LogP contribution in [0.4, 0.5) is 0 Å². The van der Waals surface area contributed by atoms with Crippen LogP contribution in [0.5, 0.6) is 5.88 Å². The Bertz CT molecular complexity index is 373. The van der Waals surface area contributed by atoms with E-state index in [-0.39, 0.29) is 5.78 Å². The molecule has 0 fully saturated rings. The Morgan fingerprint density at radius 1 is 1.57 bits per heavy atom. The fourth-order valence-electron chi connectivity index (χ4n) is 1.10. The van der Waals surface area contributed by atoms with E-state index in [1.54, 1.807) is 26.3 Å². The molecule has 0 radical (unpaired) electrons. The fraction of sp³-hybridized carbons (Fsp3) is 0.400. The van der Waals surface area contributed by atoms with Gasteiger partial charge in [-0.05, 0) is 19.9 Å². The molecule has 0 aliphatic rings. The number of carbonyl (C=O) groups excluding carboxylic acids is 1. The summed E-state index contributed by atoms with van der Waals surface area (Å²) >= 11 is 0. The number of ketones is 1. The van der Waals surface area contributed by atoms with E-state index in [1.807, 2.05) is 13.8 Å². The van der Waals surface area contributed by atoms with Gasteiger partial charge in [-0.15, -0.1) is 0 Å². The van der Waals surface area contributed by atoms with Crippen molar-refractivity contribution in [3.8, 4) is 5.88 Å². The van der Waals surface area contributed by atoms with Gasteiger partial charge < -0.3 is 4.74 Å². The molecule has 14 heavy (non-hydrogen) atoms. The number of rotatable bonds is 3. The van der Waals surface area contributed by atoms with E-state index in [2.05, 4.69) is 5.10 Å². The first-order valence-corrected chi connectivity index (χ1v) is 4.32. The van der Waals surface area contributed by atoms with E-state index in [0.29, 0.717) is 11.6 Å². The summed E-state index contributed by atoms with van der Waals surface area (Å²) in [6, 6.07) is 1.63. The minimum absolute atomic E-state index is 0.0936. The summed E-state index contributed by atoms with van der Waals surface area (Å²) in [7, 11) is 3.28. The van der Waals surface area contributed by atoms with Gasteiger partial charge in [0.15, 0.2) is 0 Å². The standard InChI is InChI=1S/C10H14N2O2/c1-7(2)5-9(13)8-6-10(14-4)12(3)11-8/h5-6H,1-4H3. The van der Waals surface area contributed by atoms with Crippen LogP contribution in [0.25, 0.3) is 0 Å². The van der Waals surface area contributed by atoms with E-state index >= 15 is 0 Å².